The van der Waals surface area contributed by atoms with E-state index in [9.17, 15) is 35.9 Å². The Morgan fingerprint density at radius 2 is 1.76 bits per heavy atom. The number of benzene rings is 1. The summed E-state index contributed by atoms with van der Waals surface area (Å²) in [6.45, 7) is 1.32. The van der Waals surface area contributed by atoms with Gasteiger partial charge in [0.1, 0.15) is 5.56 Å². The number of alkyl halides is 6. The lowest BCUT2D eigenvalue weighted by Crippen LogP contribution is -2.19. The number of hydrogen-bond donors (Lipinski definition) is 1. The predicted molar refractivity (Wildman–Crippen MR) is 91.7 cm³/mol. The number of thioether (sulfide) groups is 1. The van der Waals surface area contributed by atoms with Crippen molar-refractivity contribution in [3.05, 3.63) is 41.7 Å². The number of carbonyl (C=O) groups excluding carboxylic acids is 2. The molecule has 2 rings (SSSR count). The van der Waals surface area contributed by atoms with E-state index < -0.39 is 52.3 Å². The van der Waals surface area contributed by atoms with Crippen molar-refractivity contribution < 1.29 is 40.7 Å². The van der Waals surface area contributed by atoms with Crippen molar-refractivity contribution >= 4 is 29.3 Å². The fourth-order valence-corrected chi connectivity index (χ4v) is 2.57. The zero-order valence-corrected chi connectivity index (χ0v) is 15.4. The van der Waals surface area contributed by atoms with Gasteiger partial charge in [0, 0.05) is 5.69 Å². The summed E-state index contributed by atoms with van der Waals surface area (Å²) in [6.07, 6.45) is -4.19. The molecule has 158 valence electrons. The number of esters is 1. The second-order valence-electron chi connectivity index (χ2n) is 5.37. The van der Waals surface area contributed by atoms with Gasteiger partial charge in [-0.25, -0.2) is 9.48 Å². The van der Waals surface area contributed by atoms with Crippen molar-refractivity contribution in [1.29, 1.82) is 0 Å². The highest BCUT2D eigenvalue weighted by Gasteiger charge is 2.41. The number of carbonyl (C=O) groups is 2. The standard InChI is InChI=1S/C16H13F6N3O3S/c1-2-28-14(27)11-7-23-25(13(11)15(17,18)19)10-5-3-9(4-6-10)24-12(26)8-29-16(20,21)22/h3-7H,2,8H2,1H3,(H,24,26). The van der Waals surface area contributed by atoms with Gasteiger partial charge in [-0.3, -0.25) is 4.79 Å². The molecule has 6 nitrogen and oxygen atoms in total. The molecule has 0 fully saturated rings. The van der Waals surface area contributed by atoms with Crippen LogP contribution < -0.4 is 5.32 Å². The normalized spacial score (nSPS) is 12.0. The minimum absolute atomic E-state index is 0.0767. The minimum atomic E-state index is -4.92. The Labute approximate surface area is 164 Å². The number of aromatic nitrogens is 2. The maximum atomic E-state index is 13.4. The topological polar surface area (TPSA) is 73.2 Å². The van der Waals surface area contributed by atoms with Gasteiger partial charge in [-0.2, -0.15) is 31.4 Å². The largest absolute Gasteiger partial charge is 0.462 e. The lowest BCUT2D eigenvalue weighted by Gasteiger charge is -2.13. The summed E-state index contributed by atoms with van der Waals surface area (Å²) in [5.74, 6) is -2.98. The Balaban J connectivity index is 2.23. The molecule has 0 radical (unpaired) electrons. The van der Waals surface area contributed by atoms with E-state index in [-0.39, 0.29) is 18.0 Å². The van der Waals surface area contributed by atoms with Gasteiger partial charge in [0.2, 0.25) is 5.91 Å². The Morgan fingerprint density at radius 3 is 2.28 bits per heavy atom. The van der Waals surface area contributed by atoms with Crippen molar-refractivity contribution in [3.8, 4) is 5.69 Å². The molecular weight excluding hydrogens is 428 g/mol. The van der Waals surface area contributed by atoms with Crippen LogP contribution in [0.2, 0.25) is 0 Å². The summed E-state index contributed by atoms with van der Waals surface area (Å²) in [7, 11) is 0. The highest BCUT2D eigenvalue weighted by Crippen LogP contribution is 2.34. The van der Waals surface area contributed by atoms with Crippen LogP contribution in [0, 0.1) is 0 Å². The quantitative estimate of drug-likeness (QED) is 0.536. The molecular formula is C16H13F6N3O3S. The number of rotatable bonds is 6. The van der Waals surface area contributed by atoms with Crippen LogP contribution in [-0.2, 0) is 15.7 Å². The van der Waals surface area contributed by atoms with E-state index in [0.29, 0.717) is 4.68 Å². The van der Waals surface area contributed by atoms with Crippen LogP contribution in [0.5, 0.6) is 0 Å². The lowest BCUT2D eigenvalue weighted by atomic mass is 10.2. The molecule has 1 heterocycles. The minimum Gasteiger partial charge on any atom is -0.462 e. The monoisotopic (exact) mass is 441 g/mol. The molecule has 1 aromatic carbocycles. The summed E-state index contributed by atoms with van der Waals surface area (Å²) in [4.78, 5) is 23.2. The van der Waals surface area contributed by atoms with E-state index in [1.165, 1.54) is 19.1 Å². The predicted octanol–water partition coefficient (Wildman–Crippen LogP) is 4.26. The first-order valence-electron chi connectivity index (χ1n) is 7.85. The molecule has 0 saturated carbocycles. The Morgan fingerprint density at radius 1 is 1.14 bits per heavy atom. The van der Waals surface area contributed by atoms with Crippen molar-refractivity contribution in [1.82, 2.24) is 9.78 Å². The summed E-state index contributed by atoms with van der Waals surface area (Å²) >= 11 is -0.520. The second-order valence-corrected chi connectivity index (χ2v) is 6.41. The van der Waals surface area contributed by atoms with Crippen molar-refractivity contribution in [3.63, 3.8) is 0 Å². The van der Waals surface area contributed by atoms with Gasteiger partial charge >= 0.3 is 17.7 Å². The fourth-order valence-electron chi connectivity index (χ4n) is 2.21. The van der Waals surface area contributed by atoms with Gasteiger partial charge in [0.25, 0.3) is 0 Å². The first-order valence-corrected chi connectivity index (χ1v) is 8.84. The molecule has 0 aliphatic rings. The number of hydrogen-bond acceptors (Lipinski definition) is 5. The van der Waals surface area contributed by atoms with E-state index in [0.717, 1.165) is 18.3 Å². The molecule has 0 unspecified atom stereocenters. The van der Waals surface area contributed by atoms with E-state index >= 15 is 0 Å². The third-order valence-corrected chi connectivity index (χ3v) is 4.03. The molecule has 0 saturated heterocycles. The summed E-state index contributed by atoms with van der Waals surface area (Å²) < 4.78 is 81.7. The first kappa shape index (κ1) is 22.6. The third kappa shape index (κ3) is 6.14. The Hall–Kier alpha value is -2.70. The van der Waals surface area contributed by atoms with E-state index in [1.807, 2.05) is 0 Å². The van der Waals surface area contributed by atoms with Crippen LogP contribution in [0.25, 0.3) is 5.69 Å². The highest BCUT2D eigenvalue weighted by molar-refractivity contribution is 8.00. The van der Waals surface area contributed by atoms with Crippen LogP contribution >= 0.6 is 11.8 Å². The molecule has 1 amide bonds. The molecule has 0 bridgehead atoms. The van der Waals surface area contributed by atoms with Crippen LogP contribution in [0.3, 0.4) is 0 Å². The maximum Gasteiger partial charge on any atom is 0.442 e. The molecule has 0 aliphatic carbocycles. The summed E-state index contributed by atoms with van der Waals surface area (Å²) in [5, 5.41) is 5.78. The van der Waals surface area contributed by atoms with Gasteiger partial charge in [0.05, 0.1) is 24.2 Å². The van der Waals surface area contributed by atoms with Crippen LogP contribution in [0.4, 0.5) is 32.0 Å². The van der Waals surface area contributed by atoms with Gasteiger partial charge < -0.3 is 10.1 Å². The fraction of sp³-hybridized carbons (Fsp3) is 0.312. The van der Waals surface area contributed by atoms with E-state index in [1.54, 1.807) is 0 Å². The van der Waals surface area contributed by atoms with Gasteiger partial charge in [-0.1, -0.05) is 0 Å². The van der Waals surface area contributed by atoms with E-state index in [2.05, 4.69) is 15.2 Å². The average Bonchev–Trinajstić information content (AvgIpc) is 3.06. The third-order valence-electron chi connectivity index (χ3n) is 3.30. The van der Waals surface area contributed by atoms with Crippen LogP contribution in [-0.4, -0.2) is 39.5 Å². The number of amides is 1. The molecule has 29 heavy (non-hydrogen) atoms. The number of halogens is 6. The molecule has 1 aromatic heterocycles. The number of nitrogens with zero attached hydrogens (tertiary/aromatic N) is 2. The SMILES string of the molecule is CCOC(=O)c1cnn(-c2ccc(NC(=O)CSC(F)(F)F)cc2)c1C(F)(F)F. The van der Waals surface area contributed by atoms with Crippen LogP contribution in [0.15, 0.2) is 30.5 Å². The smallest absolute Gasteiger partial charge is 0.442 e. The number of ether oxygens (including phenoxy) is 1. The zero-order chi connectivity index (χ0) is 21.8. The van der Waals surface area contributed by atoms with Gasteiger partial charge in [0.15, 0.2) is 5.69 Å². The van der Waals surface area contributed by atoms with Gasteiger partial charge in [-0.15, -0.1) is 0 Å². The molecule has 1 N–H and O–H groups in total. The first-order chi connectivity index (χ1) is 13.4. The molecule has 0 atom stereocenters. The van der Waals surface area contributed by atoms with Crippen molar-refractivity contribution in [2.75, 3.05) is 17.7 Å². The average molecular weight is 441 g/mol. The van der Waals surface area contributed by atoms with Crippen molar-refractivity contribution in [2.24, 2.45) is 0 Å². The zero-order valence-electron chi connectivity index (χ0n) is 14.6. The number of anilines is 1. The van der Waals surface area contributed by atoms with E-state index in [4.69, 9.17) is 0 Å². The Bertz CT molecular complexity index is 878. The highest BCUT2D eigenvalue weighted by atomic mass is 32.2. The summed E-state index contributed by atoms with van der Waals surface area (Å²) in [5.41, 5.74) is -6.68. The van der Waals surface area contributed by atoms with Crippen LogP contribution in [0.1, 0.15) is 23.0 Å². The molecule has 0 aliphatic heterocycles. The molecule has 2 aromatic rings. The molecule has 0 spiro atoms. The number of nitrogens with one attached hydrogen (secondary N) is 1. The van der Waals surface area contributed by atoms with Crippen molar-refractivity contribution in [2.45, 2.75) is 18.6 Å². The maximum absolute atomic E-state index is 13.4. The lowest BCUT2D eigenvalue weighted by molar-refractivity contribution is -0.143. The van der Waals surface area contributed by atoms with Gasteiger partial charge in [-0.05, 0) is 43.0 Å². The molecule has 13 heteroatoms. The summed E-state index contributed by atoms with van der Waals surface area (Å²) in [6, 6.07) is 4.70. The Kier molecular flexibility index (Phi) is 6.82. The second kappa shape index (κ2) is 8.76.